The number of carboxylic acid groups (broad SMARTS) is 1. The Hall–Kier alpha value is -0.480. The molecule has 0 radical (unpaired) electrons. The van der Waals surface area contributed by atoms with Gasteiger partial charge in [0.2, 0.25) is 0 Å². The average Bonchev–Trinajstić information content (AvgIpc) is 2.08. The lowest BCUT2D eigenvalue weighted by Gasteiger charge is -2.03. The lowest BCUT2D eigenvalue weighted by molar-refractivity contribution is -0.136. The van der Waals surface area contributed by atoms with Crippen molar-refractivity contribution in [1.29, 1.82) is 0 Å². The molecular weight excluding hydrogens is 252 g/mol. The van der Waals surface area contributed by atoms with Crippen LogP contribution in [0.3, 0.4) is 0 Å². The Morgan fingerprint density at radius 1 is 1.62 bits per heavy atom. The third-order valence-corrected chi connectivity index (χ3v) is 3.09. The smallest absolute Gasteiger partial charge is 0.307 e. The molecule has 13 heavy (non-hydrogen) atoms. The summed E-state index contributed by atoms with van der Waals surface area (Å²) in [6, 6.07) is 5.73. The first-order valence-corrected chi connectivity index (χ1v) is 5.69. The van der Waals surface area contributed by atoms with E-state index in [1.54, 1.807) is 11.8 Å². The minimum absolute atomic E-state index is 0.0645. The van der Waals surface area contributed by atoms with Crippen molar-refractivity contribution in [3.63, 3.8) is 0 Å². The zero-order valence-electron chi connectivity index (χ0n) is 7.08. The number of carboxylic acids is 1. The summed E-state index contributed by atoms with van der Waals surface area (Å²) in [5, 5.41) is 8.63. The van der Waals surface area contributed by atoms with Gasteiger partial charge < -0.3 is 5.11 Å². The first-order valence-electron chi connectivity index (χ1n) is 3.67. The molecule has 0 saturated carbocycles. The van der Waals surface area contributed by atoms with E-state index in [9.17, 15) is 4.79 Å². The Labute approximate surface area is 89.5 Å². The highest BCUT2D eigenvalue weighted by molar-refractivity contribution is 9.10. The number of thioether (sulfide) groups is 1. The second kappa shape index (κ2) is 4.67. The Kier molecular flexibility index (Phi) is 3.81. The fourth-order valence-electron chi connectivity index (χ4n) is 0.976. The molecule has 0 atom stereocenters. The molecule has 1 rings (SSSR count). The molecule has 70 valence electrons. The molecule has 0 aromatic heterocycles. The first kappa shape index (κ1) is 10.6. The quantitative estimate of drug-likeness (QED) is 0.850. The standard InChI is InChI=1S/C9H9BrO2S/c1-13-7-2-3-8(10)6(4-7)5-9(11)12/h2-4H,5H2,1H3,(H,11,12). The topological polar surface area (TPSA) is 37.3 Å². The van der Waals surface area contributed by atoms with Gasteiger partial charge in [0.1, 0.15) is 0 Å². The fraction of sp³-hybridized carbons (Fsp3) is 0.222. The third kappa shape index (κ3) is 3.04. The molecule has 0 saturated heterocycles. The Morgan fingerprint density at radius 2 is 2.31 bits per heavy atom. The number of benzene rings is 1. The minimum Gasteiger partial charge on any atom is -0.481 e. The highest BCUT2D eigenvalue weighted by Gasteiger charge is 2.05. The molecule has 0 aliphatic carbocycles. The number of rotatable bonds is 3. The van der Waals surface area contributed by atoms with Gasteiger partial charge in [-0.25, -0.2) is 0 Å². The molecule has 0 amide bonds. The zero-order valence-corrected chi connectivity index (χ0v) is 9.48. The van der Waals surface area contributed by atoms with Crippen LogP contribution in [0.1, 0.15) is 5.56 Å². The monoisotopic (exact) mass is 260 g/mol. The number of hydrogen-bond acceptors (Lipinski definition) is 2. The first-order chi connectivity index (χ1) is 6.13. The summed E-state index contributed by atoms with van der Waals surface area (Å²) in [4.78, 5) is 11.6. The predicted octanol–water partition coefficient (Wildman–Crippen LogP) is 2.80. The van der Waals surface area contributed by atoms with Crippen LogP contribution in [-0.4, -0.2) is 17.3 Å². The van der Waals surface area contributed by atoms with Crippen LogP contribution in [0.4, 0.5) is 0 Å². The summed E-state index contributed by atoms with van der Waals surface area (Å²) in [5.74, 6) is -0.807. The molecule has 0 aliphatic heterocycles. The van der Waals surface area contributed by atoms with E-state index in [-0.39, 0.29) is 6.42 Å². The van der Waals surface area contributed by atoms with Crippen molar-refractivity contribution in [2.45, 2.75) is 11.3 Å². The molecule has 0 unspecified atom stereocenters. The number of halogens is 1. The van der Waals surface area contributed by atoms with Crippen LogP contribution in [-0.2, 0) is 11.2 Å². The maximum Gasteiger partial charge on any atom is 0.307 e. The van der Waals surface area contributed by atoms with Crippen molar-refractivity contribution >= 4 is 33.7 Å². The van der Waals surface area contributed by atoms with Crippen molar-refractivity contribution < 1.29 is 9.90 Å². The predicted molar refractivity (Wildman–Crippen MR) is 57.3 cm³/mol. The van der Waals surface area contributed by atoms with Gasteiger partial charge >= 0.3 is 5.97 Å². The maximum atomic E-state index is 10.5. The van der Waals surface area contributed by atoms with E-state index in [0.717, 1.165) is 14.9 Å². The molecule has 0 bridgehead atoms. The summed E-state index contributed by atoms with van der Waals surface area (Å²) in [6.07, 6.45) is 2.03. The normalized spacial score (nSPS) is 10.0. The van der Waals surface area contributed by atoms with Crippen LogP contribution in [0.2, 0.25) is 0 Å². The lowest BCUT2D eigenvalue weighted by atomic mass is 10.1. The van der Waals surface area contributed by atoms with Crippen LogP contribution in [0.25, 0.3) is 0 Å². The molecule has 0 heterocycles. The van der Waals surface area contributed by atoms with Gasteiger partial charge in [-0.05, 0) is 30.0 Å². The fourth-order valence-corrected chi connectivity index (χ4v) is 1.83. The molecule has 1 aromatic rings. The Morgan fingerprint density at radius 3 is 2.85 bits per heavy atom. The van der Waals surface area contributed by atoms with E-state index in [1.165, 1.54) is 0 Å². The van der Waals surface area contributed by atoms with Crippen molar-refractivity contribution in [2.24, 2.45) is 0 Å². The molecule has 1 aromatic carbocycles. The Balaban J connectivity index is 2.96. The molecule has 1 N–H and O–H groups in total. The zero-order chi connectivity index (χ0) is 9.84. The van der Waals surface area contributed by atoms with Crippen LogP contribution < -0.4 is 0 Å². The van der Waals surface area contributed by atoms with Crippen LogP contribution in [0, 0.1) is 0 Å². The van der Waals surface area contributed by atoms with E-state index in [0.29, 0.717) is 0 Å². The maximum absolute atomic E-state index is 10.5. The summed E-state index contributed by atoms with van der Waals surface area (Å²) in [5.41, 5.74) is 0.819. The van der Waals surface area contributed by atoms with Crippen LogP contribution in [0.15, 0.2) is 27.6 Å². The van der Waals surface area contributed by atoms with Gasteiger partial charge in [-0.1, -0.05) is 15.9 Å². The van der Waals surface area contributed by atoms with Crippen LogP contribution >= 0.6 is 27.7 Å². The van der Waals surface area contributed by atoms with Crippen molar-refractivity contribution in [3.05, 3.63) is 28.2 Å². The third-order valence-electron chi connectivity index (χ3n) is 1.59. The van der Waals surface area contributed by atoms with Crippen molar-refractivity contribution in [3.8, 4) is 0 Å². The second-order valence-corrected chi connectivity index (χ2v) is 4.26. The van der Waals surface area contributed by atoms with Crippen molar-refractivity contribution in [1.82, 2.24) is 0 Å². The molecule has 4 heteroatoms. The summed E-state index contributed by atoms with van der Waals surface area (Å²) in [7, 11) is 0. The molecule has 2 nitrogen and oxygen atoms in total. The van der Waals surface area contributed by atoms with Crippen LogP contribution in [0.5, 0.6) is 0 Å². The van der Waals surface area contributed by atoms with E-state index in [1.807, 2.05) is 24.5 Å². The highest BCUT2D eigenvalue weighted by atomic mass is 79.9. The lowest BCUT2D eigenvalue weighted by Crippen LogP contribution is -2.00. The number of hydrogen-bond donors (Lipinski definition) is 1. The summed E-state index contributed by atoms with van der Waals surface area (Å²) >= 11 is 4.92. The summed E-state index contributed by atoms with van der Waals surface area (Å²) in [6.45, 7) is 0. The van der Waals surface area contributed by atoms with E-state index in [2.05, 4.69) is 15.9 Å². The Bertz CT molecular complexity index is 325. The molecule has 0 fully saturated rings. The van der Waals surface area contributed by atoms with Crippen molar-refractivity contribution in [2.75, 3.05) is 6.26 Å². The van der Waals surface area contributed by atoms with E-state index in [4.69, 9.17) is 5.11 Å². The minimum atomic E-state index is -0.807. The van der Waals surface area contributed by atoms with Gasteiger partial charge in [-0.2, -0.15) is 0 Å². The largest absolute Gasteiger partial charge is 0.481 e. The second-order valence-electron chi connectivity index (χ2n) is 2.53. The van der Waals surface area contributed by atoms with E-state index < -0.39 is 5.97 Å². The SMILES string of the molecule is CSc1ccc(Br)c(CC(=O)O)c1. The van der Waals surface area contributed by atoms with Gasteiger partial charge in [0.05, 0.1) is 6.42 Å². The average molecular weight is 261 g/mol. The number of aliphatic carboxylic acids is 1. The highest BCUT2D eigenvalue weighted by Crippen LogP contribution is 2.23. The van der Waals surface area contributed by atoms with Gasteiger partial charge in [0.25, 0.3) is 0 Å². The molecule has 0 aliphatic rings. The molecule has 0 spiro atoms. The van der Waals surface area contributed by atoms with E-state index >= 15 is 0 Å². The summed E-state index contributed by atoms with van der Waals surface area (Å²) < 4.78 is 0.854. The van der Waals surface area contributed by atoms with Gasteiger partial charge in [-0.3, -0.25) is 4.79 Å². The van der Waals surface area contributed by atoms with Gasteiger partial charge in [0.15, 0.2) is 0 Å². The van der Waals surface area contributed by atoms with Gasteiger partial charge in [-0.15, -0.1) is 11.8 Å². The number of carbonyl (C=O) groups is 1. The van der Waals surface area contributed by atoms with Gasteiger partial charge in [0, 0.05) is 9.37 Å². The molecular formula is C9H9BrO2S.